The average molecular weight is 362 g/mol. The van der Waals surface area contributed by atoms with Gasteiger partial charge >= 0.3 is 18.3 Å². The number of carbonyl (C=O) groups is 1. The highest BCUT2D eigenvalue weighted by molar-refractivity contribution is 5.80. The van der Waals surface area contributed by atoms with E-state index in [4.69, 9.17) is 5.11 Å². The van der Waals surface area contributed by atoms with Crippen molar-refractivity contribution in [1.29, 1.82) is 0 Å². The second-order valence-electron chi connectivity index (χ2n) is 6.22. The Hall–Kier alpha value is -1.25. The number of esters is 1. The minimum atomic E-state index is -5.67. The molecule has 0 amide bonds. The van der Waals surface area contributed by atoms with Gasteiger partial charge in [-0.15, -0.1) is 0 Å². The van der Waals surface area contributed by atoms with Crippen molar-refractivity contribution in [2.24, 2.45) is 17.8 Å². The molecule has 2 saturated carbocycles. The number of hydrogen-bond acceptors (Lipinski definition) is 3. The zero-order valence-corrected chi connectivity index (χ0v) is 13.1. The fourth-order valence-electron chi connectivity index (χ4n) is 3.48. The maximum atomic E-state index is 12.5. The van der Waals surface area contributed by atoms with Crippen LogP contribution in [0.25, 0.3) is 0 Å². The number of methoxy groups -OCH3 is 1. The van der Waals surface area contributed by atoms with Crippen LogP contribution in [0.5, 0.6) is 0 Å². The first kappa shape index (κ1) is 20.8. The van der Waals surface area contributed by atoms with Gasteiger partial charge in [0.2, 0.25) is 0 Å². The maximum Gasteiger partial charge on any atom is 0.426 e. The third-order valence-corrected chi connectivity index (χ3v) is 4.75. The van der Waals surface area contributed by atoms with Gasteiger partial charge in [0.1, 0.15) is 0 Å². The molecule has 1 N–H and O–H groups in total. The first-order chi connectivity index (χ1) is 10.9. The van der Waals surface area contributed by atoms with E-state index in [1.807, 2.05) is 0 Å². The van der Waals surface area contributed by atoms with Crippen molar-refractivity contribution in [3.05, 3.63) is 12.7 Å². The normalized spacial score (nSPS) is 26.6. The molecule has 2 bridgehead atoms. The van der Waals surface area contributed by atoms with E-state index in [0.29, 0.717) is 19.3 Å². The van der Waals surface area contributed by atoms with Crippen LogP contribution in [-0.2, 0) is 9.53 Å². The Kier molecular flexibility index (Phi) is 6.35. The number of hydrogen-bond donors (Lipinski definition) is 1. The SMILES string of the molecule is C=CC(=O)OC.OC(CC1CC2CCC1C2)(C(F)(F)F)C(F)(F)F. The van der Waals surface area contributed by atoms with E-state index in [1.54, 1.807) is 0 Å². The zero-order chi connectivity index (χ0) is 18.8. The minimum absolute atomic E-state index is 0.0915. The van der Waals surface area contributed by atoms with Gasteiger partial charge in [0, 0.05) is 6.08 Å². The van der Waals surface area contributed by atoms with Gasteiger partial charge in [0.25, 0.3) is 5.60 Å². The predicted molar refractivity (Wildman–Crippen MR) is 72.8 cm³/mol. The molecule has 0 saturated heterocycles. The van der Waals surface area contributed by atoms with Crippen molar-refractivity contribution >= 4 is 5.97 Å². The fraction of sp³-hybridized carbons (Fsp3) is 0.800. The van der Waals surface area contributed by atoms with Gasteiger partial charge in [-0.25, -0.2) is 4.79 Å². The van der Waals surface area contributed by atoms with E-state index in [0.717, 1.165) is 12.5 Å². The van der Waals surface area contributed by atoms with Crippen LogP contribution >= 0.6 is 0 Å². The molecule has 0 radical (unpaired) electrons. The van der Waals surface area contributed by atoms with E-state index < -0.39 is 36.3 Å². The molecule has 2 fully saturated rings. The zero-order valence-electron chi connectivity index (χ0n) is 13.1. The van der Waals surface area contributed by atoms with Gasteiger partial charge in [-0.1, -0.05) is 13.0 Å². The van der Waals surface area contributed by atoms with Crippen LogP contribution in [0.4, 0.5) is 26.3 Å². The molecule has 3 nitrogen and oxygen atoms in total. The van der Waals surface area contributed by atoms with Gasteiger partial charge < -0.3 is 9.84 Å². The van der Waals surface area contributed by atoms with Crippen LogP contribution in [0.2, 0.25) is 0 Å². The van der Waals surface area contributed by atoms with Crippen molar-refractivity contribution < 1.29 is 41.0 Å². The Morgan fingerprint density at radius 1 is 1.17 bits per heavy atom. The highest BCUT2D eigenvalue weighted by Crippen LogP contribution is 2.55. The van der Waals surface area contributed by atoms with E-state index in [1.165, 1.54) is 7.11 Å². The summed E-state index contributed by atoms with van der Waals surface area (Å²) in [6.07, 6.45) is -8.84. The fourth-order valence-corrected chi connectivity index (χ4v) is 3.48. The lowest BCUT2D eigenvalue weighted by atomic mass is 9.79. The molecule has 2 aliphatic rings. The Balaban J connectivity index is 0.000000413. The van der Waals surface area contributed by atoms with Crippen LogP contribution < -0.4 is 0 Å². The van der Waals surface area contributed by atoms with Crippen molar-refractivity contribution in [2.45, 2.75) is 50.1 Å². The second kappa shape index (κ2) is 7.33. The predicted octanol–water partition coefficient (Wildman–Crippen LogP) is 4.01. The molecule has 0 aromatic heterocycles. The quantitative estimate of drug-likeness (QED) is 0.469. The number of alkyl halides is 6. The second-order valence-corrected chi connectivity index (χ2v) is 6.22. The molecule has 24 heavy (non-hydrogen) atoms. The largest absolute Gasteiger partial charge is 0.466 e. The van der Waals surface area contributed by atoms with Crippen LogP contribution in [0, 0.1) is 17.8 Å². The molecule has 0 aromatic rings. The Morgan fingerprint density at radius 3 is 1.96 bits per heavy atom. The Labute approximate surface area is 135 Å². The summed E-state index contributed by atoms with van der Waals surface area (Å²) in [5.74, 6) is -0.913. The third kappa shape index (κ3) is 4.43. The summed E-state index contributed by atoms with van der Waals surface area (Å²) in [4.78, 5) is 9.84. The van der Waals surface area contributed by atoms with Gasteiger partial charge in [-0.05, 0) is 43.4 Å². The molecule has 2 rings (SSSR count). The number of fused-ring (bicyclic) bond motifs is 2. The van der Waals surface area contributed by atoms with E-state index in [9.17, 15) is 31.1 Å². The minimum Gasteiger partial charge on any atom is -0.466 e. The number of carbonyl (C=O) groups excluding carboxylic acids is 1. The summed E-state index contributed by atoms with van der Waals surface area (Å²) in [7, 11) is 1.31. The van der Waals surface area contributed by atoms with Crippen LogP contribution in [-0.4, -0.2) is 36.1 Å². The summed E-state index contributed by atoms with van der Waals surface area (Å²) >= 11 is 0. The molecule has 0 heterocycles. The molecule has 2 aliphatic carbocycles. The maximum absolute atomic E-state index is 12.5. The molecule has 0 aromatic carbocycles. The van der Waals surface area contributed by atoms with Gasteiger partial charge in [0.05, 0.1) is 7.11 Å². The molecule has 140 valence electrons. The summed E-state index contributed by atoms with van der Waals surface area (Å²) in [5.41, 5.74) is -4.56. The molecule has 0 aliphatic heterocycles. The molecule has 0 spiro atoms. The Bertz CT molecular complexity index is 443. The average Bonchev–Trinajstić information content (AvgIpc) is 3.07. The van der Waals surface area contributed by atoms with Crippen LogP contribution in [0.1, 0.15) is 32.1 Å². The summed E-state index contributed by atoms with van der Waals surface area (Å²) in [5, 5.41) is 9.12. The first-order valence-corrected chi connectivity index (χ1v) is 7.42. The summed E-state index contributed by atoms with van der Waals surface area (Å²) in [6.45, 7) is 3.16. The Morgan fingerprint density at radius 2 is 1.71 bits per heavy atom. The molecular formula is C15H20F6O3. The van der Waals surface area contributed by atoms with E-state index in [-0.39, 0.29) is 11.8 Å². The summed E-state index contributed by atoms with van der Waals surface area (Å²) < 4.78 is 79.3. The number of aliphatic hydroxyl groups is 1. The van der Waals surface area contributed by atoms with E-state index >= 15 is 0 Å². The van der Waals surface area contributed by atoms with Crippen molar-refractivity contribution in [3.8, 4) is 0 Å². The number of ether oxygens (including phenoxy) is 1. The lowest BCUT2D eigenvalue weighted by Crippen LogP contribution is -2.58. The highest BCUT2D eigenvalue weighted by Gasteiger charge is 2.71. The smallest absolute Gasteiger partial charge is 0.426 e. The molecule has 9 heteroatoms. The standard InChI is InChI=1S/C11H14F6O.C4H6O2/c12-10(13,14)9(18,11(15,16)17)5-8-4-6-1-2-7(8)3-6;1-3-4(5)6-2/h6-8,18H,1-5H2;3H,1H2,2H3. The number of halogens is 6. The topological polar surface area (TPSA) is 46.5 Å². The van der Waals surface area contributed by atoms with E-state index in [2.05, 4.69) is 11.3 Å². The summed E-state index contributed by atoms with van der Waals surface area (Å²) in [6, 6.07) is 0. The molecule has 3 atom stereocenters. The van der Waals surface area contributed by atoms with Crippen LogP contribution in [0.3, 0.4) is 0 Å². The first-order valence-electron chi connectivity index (χ1n) is 7.42. The monoisotopic (exact) mass is 362 g/mol. The third-order valence-electron chi connectivity index (χ3n) is 4.75. The number of rotatable bonds is 3. The van der Waals surface area contributed by atoms with Crippen molar-refractivity contribution in [1.82, 2.24) is 0 Å². The molecular weight excluding hydrogens is 342 g/mol. The van der Waals surface area contributed by atoms with Gasteiger partial charge in [-0.3, -0.25) is 0 Å². The van der Waals surface area contributed by atoms with Crippen molar-refractivity contribution in [2.75, 3.05) is 7.11 Å². The lowest BCUT2D eigenvalue weighted by Gasteiger charge is -2.36. The lowest BCUT2D eigenvalue weighted by molar-refractivity contribution is -0.373. The van der Waals surface area contributed by atoms with Crippen molar-refractivity contribution in [3.63, 3.8) is 0 Å². The van der Waals surface area contributed by atoms with Crippen LogP contribution in [0.15, 0.2) is 12.7 Å². The van der Waals surface area contributed by atoms with Gasteiger partial charge in [-0.2, -0.15) is 26.3 Å². The van der Waals surface area contributed by atoms with Gasteiger partial charge in [0.15, 0.2) is 0 Å². The molecule has 3 unspecified atom stereocenters. The highest BCUT2D eigenvalue weighted by atomic mass is 19.4.